The number of fused-ring (bicyclic) bond motifs is 1. The maximum atomic E-state index is 13.3. The summed E-state index contributed by atoms with van der Waals surface area (Å²) >= 11 is 6.19. The second kappa shape index (κ2) is 12.8. The zero-order valence-corrected chi connectivity index (χ0v) is 22.4. The first-order valence-corrected chi connectivity index (χ1v) is 12.3. The molecule has 2 amide bonds. The Morgan fingerprint density at radius 3 is 2.37 bits per heavy atom. The summed E-state index contributed by atoms with van der Waals surface area (Å²) in [5.41, 5.74) is 9.08. The van der Waals surface area contributed by atoms with Crippen molar-refractivity contribution in [3.63, 3.8) is 0 Å². The average molecular weight is 537 g/mol. The maximum absolute atomic E-state index is 13.3. The molecule has 9 nitrogen and oxygen atoms in total. The predicted molar refractivity (Wildman–Crippen MR) is 147 cm³/mol. The molecular weight excluding hydrogens is 508 g/mol. The van der Waals surface area contributed by atoms with Crippen molar-refractivity contribution in [3.8, 4) is 11.1 Å². The van der Waals surface area contributed by atoms with Crippen LogP contribution in [0.3, 0.4) is 0 Å². The molecule has 2 heterocycles. The van der Waals surface area contributed by atoms with Crippen LogP contribution in [0.25, 0.3) is 16.6 Å². The molecule has 2 N–H and O–H groups in total. The summed E-state index contributed by atoms with van der Waals surface area (Å²) in [6.07, 6.45) is 3.38. The number of nitrogens with zero attached hydrogens (tertiary/aromatic N) is 3. The Hall–Kier alpha value is -4.21. The third-order valence-electron chi connectivity index (χ3n) is 5.63. The van der Waals surface area contributed by atoms with Gasteiger partial charge in [0.05, 0.1) is 28.9 Å². The highest BCUT2D eigenvalue weighted by atomic mass is 35.5. The number of primary amides is 1. The van der Waals surface area contributed by atoms with E-state index in [-0.39, 0.29) is 29.7 Å². The number of pyridine rings is 1. The topological polar surface area (TPSA) is 116 Å². The van der Waals surface area contributed by atoms with Crippen molar-refractivity contribution in [1.82, 2.24) is 9.61 Å². The number of hydrogen-bond acceptors (Lipinski definition) is 6. The van der Waals surface area contributed by atoms with Gasteiger partial charge in [-0.3, -0.25) is 9.59 Å². The molecule has 0 aliphatic rings. The molecule has 0 aliphatic heterocycles. The number of methoxy groups -OCH3 is 1. The van der Waals surface area contributed by atoms with Crippen LogP contribution in [-0.4, -0.2) is 54.8 Å². The van der Waals surface area contributed by atoms with Crippen molar-refractivity contribution in [1.29, 1.82) is 0 Å². The van der Waals surface area contributed by atoms with Crippen molar-refractivity contribution < 1.29 is 23.9 Å². The third-order valence-corrected chi connectivity index (χ3v) is 5.96. The van der Waals surface area contributed by atoms with E-state index in [9.17, 15) is 14.4 Å². The summed E-state index contributed by atoms with van der Waals surface area (Å²) in [6.45, 7) is 4.35. The second-order valence-corrected chi connectivity index (χ2v) is 8.31. The van der Waals surface area contributed by atoms with Crippen LogP contribution < -0.4 is 10.6 Å². The van der Waals surface area contributed by atoms with Gasteiger partial charge < -0.3 is 20.1 Å². The highest BCUT2D eigenvalue weighted by molar-refractivity contribution is 6.33. The number of anilines is 1. The van der Waals surface area contributed by atoms with Crippen molar-refractivity contribution in [2.75, 3.05) is 32.3 Å². The monoisotopic (exact) mass is 536 g/mol. The quantitative estimate of drug-likeness (QED) is 0.254. The van der Waals surface area contributed by atoms with Gasteiger partial charge in [0.1, 0.15) is 6.61 Å². The van der Waals surface area contributed by atoms with Crippen LogP contribution in [0.15, 0.2) is 67.0 Å². The van der Waals surface area contributed by atoms with E-state index in [4.69, 9.17) is 26.8 Å². The summed E-state index contributed by atoms with van der Waals surface area (Å²) in [4.78, 5) is 38.5. The molecule has 0 saturated carbocycles. The number of nitrogens with two attached hydrogens (primary N) is 1. The Morgan fingerprint density at radius 1 is 1.00 bits per heavy atom. The van der Waals surface area contributed by atoms with E-state index in [0.717, 1.165) is 11.1 Å². The number of esters is 1. The molecular formula is C28H29ClN4O5. The molecule has 0 bridgehead atoms. The van der Waals surface area contributed by atoms with E-state index in [2.05, 4.69) is 5.10 Å². The highest BCUT2D eigenvalue weighted by Crippen LogP contribution is 2.28. The Morgan fingerprint density at radius 2 is 1.71 bits per heavy atom. The Bertz CT molecular complexity index is 1450. The molecule has 198 valence electrons. The second-order valence-electron chi connectivity index (χ2n) is 7.90. The molecule has 2 aromatic heterocycles. The van der Waals surface area contributed by atoms with Crippen molar-refractivity contribution in [2.45, 2.75) is 13.8 Å². The Kier molecular flexibility index (Phi) is 9.59. The number of halogens is 1. The molecule has 0 spiro atoms. The molecule has 0 fully saturated rings. The first-order chi connectivity index (χ1) is 18.3. The molecule has 10 heteroatoms. The zero-order chi connectivity index (χ0) is 27.8. The fourth-order valence-electron chi connectivity index (χ4n) is 3.63. The van der Waals surface area contributed by atoms with Crippen LogP contribution in [0, 0.1) is 0 Å². The van der Waals surface area contributed by atoms with Crippen molar-refractivity contribution in [3.05, 3.63) is 88.7 Å². The summed E-state index contributed by atoms with van der Waals surface area (Å²) in [5, 5.41) is 4.57. The van der Waals surface area contributed by atoms with Crippen LogP contribution in [0.1, 0.15) is 44.9 Å². The fraction of sp³-hybridized carbons (Fsp3) is 0.214. The number of ether oxygens (including phenoxy) is 2. The van der Waals surface area contributed by atoms with Crippen LogP contribution in [0.2, 0.25) is 5.02 Å². The summed E-state index contributed by atoms with van der Waals surface area (Å²) in [7, 11) is 3.11. The molecule has 38 heavy (non-hydrogen) atoms. The van der Waals surface area contributed by atoms with Gasteiger partial charge >= 0.3 is 5.97 Å². The van der Waals surface area contributed by atoms with Gasteiger partial charge in [-0.15, -0.1) is 0 Å². The third kappa shape index (κ3) is 6.19. The minimum atomic E-state index is -0.604. The number of aromatic nitrogens is 2. The van der Waals surface area contributed by atoms with Gasteiger partial charge in [0.15, 0.2) is 0 Å². The Labute approximate surface area is 225 Å². The Balaban J connectivity index is 0.00000195. The molecule has 4 aromatic rings. The minimum absolute atomic E-state index is 0.0869. The molecule has 0 atom stereocenters. The van der Waals surface area contributed by atoms with Gasteiger partial charge in [-0.1, -0.05) is 37.6 Å². The van der Waals surface area contributed by atoms with Gasteiger partial charge in [-0.25, -0.2) is 9.31 Å². The molecule has 0 aliphatic carbocycles. The first-order valence-electron chi connectivity index (χ1n) is 11.9. The minimum Gasteiger partial charge on any atom is -0.460 e. The van der Waals surface area contributed by atoms with Gasteiger partial charge in [0, 0.05) is 42.7 Å². The van der Waals surface area contributed by atoms with Gasteiger partial charge in [0.2, 0.25) is 5.91 Å². The number of carbonyl (C=O) groups excluding carboxylic acids is 3. The molecule has 0 unspecified atom stereocenters. The number of carbonyl (C=O) groups is 3. The smallest absolute Gasteiger partial charge is 0.339 e. The lowest BCUT2D eigenvalue weighted by molar-refractivity contribution is 0.0388. The number of amides is 2. The lowest BCUT2D eigenvalue weighted by atomic mass is 10.0. The van der Waals surface area contributed by atoms with Crippen LogP contribution in [-0.2, 0) is 9.47 Å². The van der Waals surface area contributed by atoms with Crippen LogP contribution in [0.5, 0.6) is 0 Å². The van der Waals surface area contributed by atoms with E-state index in [1.807, 2.05) is 13.8 Å². The molecule has 4 rings (SSSR count). The van der Waals surface area contributed by atoms with Crippen LogP contribution in [0.4, 0.5) is 5.69 Å². The van der Waals surface area contributed by atoms with Crippen LogP contribution >= 0.6 is 11.6 Å². The van der Waals surface area contributed by atoms with E-state index >= 15 is 0 Å². The van der Waals surface area contributed by atoms with E-state index in [1.165, 1.54) is 18.1 Å². The zero-order valence-electron chi connectivity index (χ0n) is 21.6. The maximum Gasteiger partial charge on any atom is 0.339 e. The van der Waals surface area contributed by atoms with Crippen molar-refractivity contribution >= 4 is 40.6 Å². The van der Waals surface area contributed by atoms with E-state index in [1.54, 1.807) is 72.5 Å². The fourth-order valence-corrected chi connectivity index (χ4v) is 3.83. The largest absolute Gasteiger partial charge is 0.460 e. The number of benzene rings is 2. The summed E-state index contributed by atoms with van der Waals surface area (Å²) in [6, 6.07) is 14.9. The SMILES string of the molecule is CC.COCCOC(=O)c1cc(N(C)C(=O)c2ccn3ncc(-c4ccc(C(N)=O)cc4)c3c2)ccc1Cl. The van der Waals surface area contributed by atoms with E-state index < -0.39 is 11.9 Å². The van der Waals surface area contributed by atoms with Gasteiger partial charge in [-0.05, 0) is 48.0 Å². The predicted octanol–water partition coefficient (Wildman–Crippen LogP) is 4.86. The standard InChI is InChI=1S/C26H23ClN4O5.C2H6/c1-30(19-7-8-22(27)20(14-19)26(34)36-12-11-35-2)25(33)18-9-10-31-23(13-18)21(15-29-31)16-3-5-17(6-4-16)24(28)32;1-2/h3-10,13-15H,11-12H2,1-2H3,(H2,28,32);1-2H3. The van der Waals surface area contributed by atoms with Crippen molar-refractivity contribution in [2.24, 2.45) is 5.73 Å². The van der Waals surface area contributed by atoms with Gasteiger partial charge in [-0.2, -0.15) is 5.10 Å². The molecule has 0 radical (unpaired) electrons. The first kappa shape index (κ1) is 28.4. The normalized spacial score (nSPS) is 10.4. The lowest BCUT2D eigenvalue weighted by Crippen LogP contribution is -2.26. The average Bonchev–Trinajstić information content (AvgIpc) is 3.37. The summed E-state index contributed by atoms with van der Waals surface area (Å²) < 4.78 is 11.7. The number of hydrogen-bond donors (Lipinski definition) is 1. The van der Waals surface area contributed by atoms with Gasteiger partial charge in [0.25, 0.3) is 5.91 Å². The highest BCUT2D eigenvalue weighted by Gasteiger charge is 2.19. The molecule has 0 saturated heterocycles. The lowest BCUT2D eigenvalue weighted by Gasteiger charge is -2.19. The van der Waals surface area contributed by atoms with E-state index in [0.29, 0.717) is 22.3 Å². The number of rotatable bonds is 8. The summed E-state index contributed by atoms with van der Waals surface area (Å²) in [5.74, 6) is -1.41. The molecule has 2 aromatic carbocycles.